The summed E-state index contributed by atoms with van der Waals surface area (Å²) in [6.07, 6.45) is 0.393. The molecule has 5 nitrogen and oxygen atoms in total. The first-order chi connectivity index (χ1) is 11.1. The number of aromatic hydroxyl groups is 1. The van der Waals surface area contributed by atoms with Crippen molar-refractivity contribution in [3.05, 3.63) is 54.1 Å². The van der Waals surface area contributed by atoms with Gasteiger partial charge in [-0.05, 0) is 42.0 Å². The second-order valence-corrected chi connectivity index (χ2v) is 5.81. The van der Waals surface area contributed by atoms with Gasteiger partial charge in [-0.15, -0.1) is 12.4 Å². The second-order valence-electron chi connectivity index (χ2n) is 5.81. The number of hydrogen-bond donors (Lipinski definition) is 2. The highest BCUT2D eigenvalue weighted by Crippen LogP contribution is 2.20. The predicted octanol–water partition coefficient (Wildman–Crippen LogP) is 2.29. The van der Waals surface area contributed by atoms with Gasteiger partial charge in [-0.2, -0.15) is 0 Å². The number of halogens is 1. The minimum Gasteiger partial charge on any atom is -0.508 e. The van der Waals surface area contributed by atoms with E-state index >= 15 is 0 Å². The van der Waals surface area contributed by atoms with Crippen LogP contribution in [-0.2, 0) is 11.2 Å². The van der Waals surface area contributed by atoms with Crippen LogP contribution in [0.4, 0.5) is 11.4 Å². The lowest BCUT2D eigenvalue weighted by molar-refractivity contribution is -0.130. The highest BCUT2D eigenvalue weighted by Gasteiger charge is 2.21. The molecule has 0 bridgehead atoms. The number of phenolic OH excluding ortho intramolecular Hbond substituents is 1. The molecule has 0 aliphatic carbocycles. The molecule has 1 amide bonds. The smallest absolute Gasteiger partial charge is 0.227 e. The van der Waals surface area contributed by atoms with Crippen LogP contribution in [0, 0.1) is 0 Å². The summed E-state index contributed by atoms with van der Waals surface area (Å²) in [5, 5.41) is 9.35. The van der Waals surface area contributed by atoms with Crippen LogP contribution in [0.25, 0.3) is 0 Å². The Balaban J connectivity index is 0.00000208. The van der Waals surface area contributed by atoms with Crippen molar-refractivity contribution in [2.75, 3.05) is 36.8 Å². The number of nitrogens with two attached hydrogens (primary N) is 1. The number of phenols is 1. The summed E-state index contributed by atoms with van der Waals surface area (Å²) in [6, 6.07) is 14.7. The van der Waals surface area contributed by atoms with E-state index in [1.54, 1.807) is 12.1 Å². The van der Waals surface area contributed by atoms with Gasteiger partial charge in [-0.25, -0.2) is 0 Å². The van der Waals surface area contributed by atoms with Gasteiger partial charge >= 0.3 is 0 Å². The van der Waals surface area contributed by atoms with E-state index < -0.39 is 0 Å². The highest BCUT2D eigenvalue weighted by atomic mass is 35.5. The summed E-state index contributed by atoms with van der Waals surface area (Å²) >= 11 is 0. The van der Waals surface area contributed by atoms with Gasteiger partial charge in [0.1, 0.15) is 5.75 Å². The molecule has 3 rings (SSSR count). The quantitative estimate of drug-likeness (QED) is 0.836. The molecular formula is C18H22ClN3O2. The van der Waals surface area contributed by atoms with E-state index in [0.29, 0.717) is 25.2 Å². The van der Waals surface area contributed by atoms with Crippen LogP contribution in [0.1, 0.15) is 5.56 Å². The number of carbonyl (C=O) groups is 1. The molecule has 2 aromatic rings. The number of rotatable bonds is 3. The third-order valence-corrected chi connectivity index (χ3v) is 4.15. The zero-order valence-electron chi connectivity index (χ0n) is 13.4. The van der Waals surface area contributed by atoms with E-state index in [2.05, 4.69) is 4.90 Å². The maximum atomic E-state index is 12.4. The zero-order chi connectivity index (χ0) is 16.2. The average Bonchev–Trinajstić information content (AvgIpc) is 2.56. The van der Waals surface area contributed by atoms with Gasteiger partial charge in [-0.1, -0.05) is 12.1 Å². The van der Waals surface area contributed by atoms with Crippen molar-refractivity contribution in [2.24, 2.45) is 0 Å². The van der Waals surface area contributed by atoms with Gasteiger partial charge in [0.2, 0.25) is 5.91 Å². The summed E-state index contributed by atoms with van der Waals surface area (Å²) in [4.78, 5) is 16.5. The van der Waals surface area contributed by atoms with Crippen molar-refractivity contribution in [1.82, 2.24) is 4.90 Å². The molecule has 1 heterocycles. The third-order valence-electron chi connectivity index (χ3n) is 4.15. The molecule has 3 N–H and O–H groups in total. The Morgan fingerprint density at radius 1 is 1.04 bits per heavy atom. The molecular weight excluding hydrogens is 326 g/mol. The molecule has 0 spiro atoms. The van der Waals surface area contributed by atoms with Crippen LogP contribution in [0.2, 0.25) is 0 Å². The Morgan fingerprint density at radius 3 is 2.33 bits per heavy atom. The zero-order valence-corrected chi connectivity index (χ0v) is 14.2. The first-order valence-electron chi connectivity index (χ1n) is 7.78. The van der Waals surface area contributed by atoms with Crippen LogP contribution < -0.4 is 10.6 Å². The summed E-state index contributed by atoms with van der Waals surface area (Å²) in [5.74, 6) is 0.408. The second kappa shape index (κ2) is 7.93. The fraction of sp³-hybridized carbons (Fsp3) is 0.278. The SMILES string of the molecule is Cl.Nc1cccc(CC(=O)N2CCN(c3ccc(O)cc3)CC2)c1. The van der Waals surface area contributed by atoms with Gasteiger partial charge in [0.15, 0.2) is 0 Å². The summed E-state index contributed by atoms with van der Waals surface area (Å²) in [5.41, 5.74) is 8.47. The molecule has 6 heteroatoms. The highest BCUT2D eigenvalue weighted by molar-refractivity contribution is 5.85. The Bertz CT molecular complexity index is 683. The first-order valence-corrected chi connectivity index (χ1v) is 7.78. The molecule has 1 fully saturated rings. The summed E-state index contributed by atoms with van der Waals surface area (Å²) in [6.45, 7) is 3.02. The molecule has 1 saturated heterocycles. The molecule has 0 unspecified atom stereocenters. The molecule has 0 aromatic heterocycles. The van der Waals surface area contributed by atoms with Gasteiger partial charge in [0.25, 0.3) is 0 Å². The molecule has 1 aliphatic rings. The largest absolute Gasteiger partial charge is 0.508 e. The van der Waals surface area contributed by atoms with E-state index in [1.165, 1.54) is 0 Å². The predicted molar refractivity (Wildman–Crippen MR) is 98.7 cm³/mol. The Hall–Kier alpha value is -2.40. The fourth-order valence-electron chi connectivity index (χ4n) is 2.87. The Morgan fingerprint density at radius 2 is 1.71 bits per heavy atom. The first kappa shape index (κ1) is 17.9. The van der Waals surface area contributed by atoms with E-state index in [-0.39, 0.29) is 24.1 Å². The van der Waals surface area contributed by atoms with Crippen LogP contribution in [0.15, 0.2) is 48.5 Å². The number of nitrogens with zero attached hydrogens (tertiary/aromatic N) is 2. The maximum absolute atomic E-state index is 12.4. The van der Waals surface area contributed by atoms with Gasteiger partial charge < -0.3 is 20.6 Å². The van der Waals surface area contributed by atoms with Crippen molar-refractivity contribution in [3.8, 4) is 5.75 Å². The van der Waals surface area contributed by atoms with E-state index in [1.807, 2.05) is 41.3 Å². The van der Waals surface area contributed by atoms with Crippen LogP contribution in [0.5, 0.6) is 5.75 Å². The van der Waals surface area contributed by atoms with Crippen molar-refractivity contribution in [3.63, 3.8) is 0 Å². The summed E-state index contributed by atoms with van der Waals surface area (Å²) in [7, 11) is 0. The normalized spacial score (nSPS) is 14.2. The summed E-state index contributed by atoms with van der Waals surface area (Å²) < 4.78 is 0. The van der Waals surface area contributed by atoms with Crippen LogP contribution in [-0.4, -0.2) is 42.1 Å². The lowest BCUT2D eigenvalue weighted by atomic mass is 10.1. The van der Waals surface area contributed by atoms with Crippen LogP contribution in [0.3, 0.4) is 0 Å². The number of carbonyl (C=O) groups excluding carboxylic acids is 1. The third kappa shape index (κ3) is 4.32. The molecule has 2 aromatic carbocycles. The lowest BCUT2D eigenvalue weighted by Gasteiger charge is -2.36. The average molecular weight is 348 g/mol. The van der Waals surface area contributed by atoms with Gasteiger partial charge in [0, 0.05) is 37.6 Å². The van der Waals surface area contributed by atoms with Gasteiger partial charge in [0.05, 0.1) is 6.42 Å². The number of benzene rings is 2. The molecule has 0 radical (unpaired) electrons. The van der Waals surface area contributed by atoms with Crippen LogP contribution >= 0.6 is 12.4 Å². The maximum Gasteiger partial charge on any atom is 0.227 e. The fourth-order valence-corrected chi connectivity index (χ4v) is 2.87. The minimum atomic E-state index is 0. The standard InChI is InChI=1S/C18H21N3O2.ClH/c19-15-3-1-2-14(12-15)13-18(23)21-10-8-20(9-11-21)16-4-6-17(22)7-5-16;/h1-7,12,22H,8-11,13,19H2;1H. The van der Waals surface area contributed by atoms with Crippen molar-refractivity contribution in [1.29, 1.82) is 0 Å². The van der Waals surface area contributed by atoms with E-state index in [0.717, 1.165) is 24.3 Å². The van der Waals surface area contributed by atoms with E-state index in [9.17, 15) is 9.90 Å². The Labute approximate surface area is 148 Å². The van der Waals surface area contributed by atoms with E-state index in [4.69, 9.17) is 5.73 Å². The Kier molecular flexibility index (Phi) is 5.93. The lowest BCUT2D eigenvalue weighted by Crippen LogP contribution is -2.49. The van der Waals surface area contributed by atoms with Gasteiger partial charge in [-0.3, -0.25) is 4.79 Å². The molecule has 0 saturated carbocycles. The monoisotopic (exact) mass is 347 g/mol. The molecule has 0 atom stereocenters. The van der Waals surface area contributed by atoms with Crippen molar-refractivity contribution >= 4 is 29.7 Å². The van der Waals surface area contributed by atoms with Crippen molar-refractivity contribution in [2.45, 2.75) is 6.42 Å². The topological polar surface area (TPSA) is 69.8 Å². The molecule has 1 aliphatic heterocycles. The number of nitrogen functional groups attached to an aromatic ring is 1. The minimum absolute atomic E-state index is 0. The molecule has 24 heavy (non-hydrogen) atoms. The number of piperazine rings is 1. The number of anilines is 2. The number of hydrogen-bond acceptors (Lipinski definition) is 4. The molecule has 128 valence electrons. The number of amides is 1. The van der Waals surface area contributed by atoms with Crippen molar-refractivity contribution < 1.29 is 9.90 Å².